The van der Waals surface area contributed by atoms with Gasteiger partial charge in [-0.15, -0.1) is 11.3 Å². The Hall–Kier alpha value is -2.65. The summed E-state index contributed by atoms with van der Waals surface area (Å²) in [4.78, 5) is 4.80. The summed E-state index contributed by atoms with van der Waals surface area (Å²) < 4.78 is 7.18. The Balaban J connectivity index is 1.90. The van der Waals surface area contributed by atoms with Gasteiger partial charge in [0.1, 0.15) is 16.2 Å². The van der Waals surface area contributed by atoms with Crippen LogP contribution in [0, 0.1) is 0 Å². The number of aromatic nitrogens is 1. The molecule has 0 atom stereocenters. The zero-order chi connectivity index (χ0) is 14.5. The molecule has 104 valence electrons. The van der Waals surface area contributed by atoms with Gasteiger partial charge >= 0.3 is 0 Å². The monoisotopic (exact) mass is 301 g/mol. The molecule has 3 aromatic carbocycles. The molecule has 0 aliphatic heterocycles. The number of hydrogen-bond acceptors (Lipinski definition) is 3. The number of fused-ring (bicyclic) bond motifs is 4. The van der Waals surface area contributed by atoms with Crippen LogP contribution in [0.15, 0.2) is 71.1 Å². The van der Waals surface area contributed by atoms with Gasteiger partial charge in [-0.3, -0.25) is 0 Å². The molecular weight excluding hydrogens is 290 g/mol. The van der Waals surface area contributed by atoms with Gasteiger partial charge in [-0.05, 0) is 24.3 Å². The first kappa shape index (κ1) is 12.0. The van der Waals surface area contributed by atoms with Crippen LogP contribution in [0.4, 0.5) is 0 Å². The standard InChI is InChI=1S/C19H11NOS/c1-3-9-15-12(6-1)18-13(7-5-10-16(18)21-15)19-20-14-8-2-4-11-17(14)22-19/h1-11H. The van der Waals surface area contributed by atoms with E-state index in [-0.39, 0.29) is 0 Å². The minimum atomic E-state index is 0.915. The Morgan fingerprint density at radius 2 is 1.59 bits per heavy atom. The number of thiazole rings is 1. The molecule has 0 aliphatic carbocycles. The first-order valence-electron chi connectivity index (χ1n) is 7.16. The van der Waals surface area contributed by atoms with Crippen molar-refractivity contribution < 1.29 is 4.42 Å². The fourth-order valence-corrected chi connectivity index (χ4v) is 3.94. The average molecular weight is 301 g/mol. The van der Waals surface area contributed by atoms with Crippen LogP contribution < -0.4 is 0 Å². The zero-order valence-corrected chi connectivity index (χ0v) is 12.4. The molecule has 0 fully saturated rings. The fourth-order valence-electron chi connectivity index (χ4n) is 2.94. The van der Waals surface area contributed by atoms with Crippen LogP contribution in [-0.2, 0) is 0 Å². The van der Waals surface area contributed by atoms with E-state index in [0.29, 0.717) is 0 Å². The molecule has 5 rings (SSSR count). The third-order valence-electron chi connectivity index (χ3n) is 3.93. The molecule has 5 aromatic rings. The van der Waals surface area contributed by atoms with E-state index >= 15 is 0 Å². The number of para-hydroxylation sites is 2. The second-order valence-electron chi connectivity index (χ2n) is 5.26. The van der Waals surface area contributed by atoms with E-state index in [1.807, 2.05) is 36.4 Å². The molecule has 0 amide bonds. The van der Waals surface area contributed by atoms with Crippen molar-refractivity contribution in [2.75, 3.05) is 0 Å². The van der Waals surface area contributed by atoms with Crippen LogP contribution in [0.5, 0.6) is 0 Å². The molecule has 0 unspecified atom stereocenters. The minimum Gasteiger partial charge on any atom is -0.456 e. The van der Waals surface area contributed by atoms with Gasteiger partial charge in [0.25, 0.3) is 0 Å². The van der Waals surface area contributed by atoms with Crippen molar-refractivity contribution in [2.45, 2.75) is 0 Å². The quantitative estimate of drug-likeness (QED) is 0.387. The third-order valence-corrected chi connectivity index (χ3v) is 5.00. The molecule has 2 aromatic heterocycles. The highest BCUT2D eigenvalue weighted by Gasteiger charge is 2.14. The van der Waals surface area contributed by atoms with Gasteiger partial charge in [-0.25, -0.2) is 4.98 Å². The van der Waals surface area contributed by atoms with Crippen molar-refractivity contribution in [3.63, 3.8) is 0 Å². The van der Waals surface area contributed by atoms with Crippen molar-refractivity contribution in [1.29, 1.82) is 0 Å². The summed E-state index contributed by atoms with van der Waals surface area (Å²) >= 11 is 1.72. The van der Waals surface area contributed by atoms with Gasteiger partial charge < -0.3 is 4.42 Å². The fraction of sp³-hybridized carbons (Fsp3) is 0. The maximum atomic E-state index is 5.97. The Morgan fingerprint density at radius 1 is 0.773 bits per heavy atom. The Morgan fingerprint density at radius 3 is 2.55 bits per heavy atom. The lowest BCUT2D eigenvalue weighted by molar-refractivity contribution is 0.669. The number of hydrogen-bond donors (Lipinski definition) is 0. The summed E-state index contributed by atoms with van der Waals surface area (Å²) in [7, 11) is 0. The first-order valence-corrected chi connectivity index (χ1v) is 7.98. The molecule has 0 saturated carbocycles. The van der Waals surface area contributed by atoms with E-state index in [0.717, 1.165) is 38.0 Å². The number of furan rings is 1. The summed E-state index contributed by atoms with van der Waals surface area (Å²) in [6, 6.07) is 22.6. The van der Waals surface area contributed by atoms with Gasteiger partial charge in [0.05, 0.1) is 10.2 Å². The molecule has 0 N–H and O–H groups in total. The summed E-state index contributed by atoms with van der Waals surface area (Å²) in [5.74, 6) is 0. The predicted octanol–water partition coefficient (Wildman–Crippen LogP) is 5.86. The number of nitrogens with zero attached hydrogens (tertiary/aromatic N) is 1. The summed E-state index contributed by atoms with van der Waals surface area (Å²) in [5.41, 5.74) is 4.03. The predicted molar refractivity (Wildman–Crippen MR) is 92.3 cm³/mol. The smallest absolute Gasteiger partial charge is 0.136 e. The van der Waals surface area contributed by atoms with E-state index in [4.69, 9.17) is 9.40 Å². The lowest BCUT2D eigenvalue weighted by Crippen LogP contribution is -1.77. The number of rotatable bonds is 1. The molecule has 2 nitrogen and oxygen atoms in total. The topological polar surface area (TPSA) is 26.0 Å². The summed E-state index contributed by atoms with van der Waals surface area (Å²) in [6.07, 6.45) is 0. The van der Waals surface area contributed by atoms with Crippen LogP contribution >= 0.6 is 11.3 Å². The Bertz CT molecular complexity index is 1100. The molecule has 0 radical (unpaired) electrons. The SMILES string of the molecule is c1ccc2sc(-c3cccc4oc5ccccc5c34)nc2c1. The molecule has 0 spiro atoms. The normalized spacial score (nSPS) is 11.6. The van der Waals surface area contributed by atoms with Crippen LogP contribution in [-0.4, -0.2) is 4.98 Å². The molecule has 0 bridgehead atoms. The third kappa shape index (κ3) is 1.63. The van der Waals surface area contributed by atoms with E-state index in [9.17, 15) is 0 Å². The average Bonchev–Trinajstić information content (AvgIpc) is 3.15. The van der Waals surface area contributed by atoms with Gasteiger partial charge in [-0.1, -0.05) is 42.5 Å². The van der Waals surface area contributed by atoms with Crippen molar-refractivity contribution in [2.24, 2.45) is 0 Å². The Kier molecular flexibility index (Phi) is 2.40. The Labute approximate surface area is 130 Å². The summed E-state index contributed by atoms with van der Waals surface area (Å²) in [6.45, 7) is 0. The van der Waals surface area contributed by atoms with Gasteiger partial charge in [0, 0.05) is 16.3 Å². The highest BCUT2D eigenvalue weighted by molar-refractivity contribution is 7.21. The lowest BCUT2D eigenvalue weighted by atomic mass is 10.1. The molecule has 2 heterocycles. The highest BCUT2D eigenvalue weighted by Crippen LogP contribution is 2.39. The van der Waals surface area contributed by atoms with E-state index in [2.05, 4.69) is 30.3 Å². The van der Waals surface area contributed by atoms with Crippen LogP contribution in [0.1, 0.15) is 0 Å². The maximum absolute atomic E-state index is 5.97. The molecular formula is C19H11NOS. The van der Waals surface area contributed by atoms with Crippen molar-refractivity contribution in [3.8, 4) is 10.6 Å². The van der Waals surface area contributed by atoms with Gasteiger partial charge in [0.2, 0.25) is 0 Å². The molecule has 0 saturated heterocycles. The van der Waals surface area contributed by atoms with Crippen molar-refractivity contribution in [1.82, 2.24) is 4.98 Å². The van der Waals surface area contributed by atoms with Crippen molar-refractivity contribution in [3.05, 3.63) is 66.7 Å². The van der Waals surface area contributed by atoms with Crippen LogP contribution in [0.2, 0.25) is 0 Å². The largest absolute Gasteiger partial charge is 0.456 e. The first-order chi connectivity index (χ1) is 10.9. The second kappa shape index (κ2) is 4.42. The number of benzene rings is 3. The maximum Gasteiger partial charge on any atom is 0.136 e. The lowest BCUT2D eigenvalue weighted by Gasteiger charge is -1.98. The van der Waals surface area contributed by atoms with Gasteiger partial charge in [0.15, 0.2) is 0 Å². The van der Waals surface area contributed by atoms with Crippen LogP contribution in [0.25, 0.3) is 42.7 Å². The van der Waals surface area contributed by atoms with Crippen LogP contribution in [0.3, 0.4) is 0 Å². The summed E-state index contributed by atoms with van der Waals surface area (Å²) in [5, 5.41) is 3.34. The molecule has 3 heteroatoms. The molecule has 0 aliphatic rings. The second-order valence-corrected chi connectivity index (χ2v) is 6.29. The minimum absolute atomic E-state index is 0.915. The zero-order valence-electron chi connectivity index (χ0n) is 11.6. The van der Waals surface area contributed by atoms with E-state index < -0.39 is 0 Å². The van der Waals surface area contributed by atoms with E-state index in [1.54, 1.807) is 11.3 Å². The highest BCUT2D eigenvalue weighted by atomic mass is 32.1. The molecule has 22 heavy (non-hydrogen) atoms. The van der Waals surface area contributed by atoms with E-state index in [1.165, 1.54) is 4.70 Å². The van der Waals surface area contributed by atoms with Crippen molar-refractivity contribution >= 4 is 43.5 Å². The van der Waals surface area contributed by atoms with Gasteiger partial charge in [-0.2, -0.15) is 0 Å².